The molecule has 0 amide bonds. The molecular weight excluding hydrogens is 508 g/mol. The monoisotopic (exact) mass is 552 g/mol. The zero-order valence-corrected chi connectivity index (χ0v) is 24.7. The highest BCUT2D eigenvalue weighted by Gasteiger charge is 2.24. The van der Waals surface area contributed by atoms with Crippen molar-refractivity contribution < 1.29 is 8.42 Å². The van der Waals surface area contributed by atoms with Crippen LogP contribution in [0.5, 0.6) is 0 Å². The second-order valence-corrected chi connectivity index (χ2v) is 12.8. The lowest BCUT2D eigenvalue weighted by Crippen LogP contribution is -2.32. The van der Waals surface area contributed by atoms with Gasteiger partial charge in [-0.15, -0.1) is 0 Å². The Kier molecular flexibility index (Phi) is 10.2. The predicted octanol–water partition coefficient (Wildman–Crippen LogP) is 5.27. The van der Waals surface area contributed by atoms with Crippen LogP contribution in [0.2, 0.25) is 0 Å². The van der Waals surface area contributed by atoms with Gasteiger partial charge >= 0.3 is 0 Å². The lowest BCUT2D eigenvalue weighted by Gasteiger charge is -2.29. The molecule has 0 spiro atoms. The van der Waals surface area contributed by atoms with Gasteiger partial charge in [-0.1, -0.05) is 38.1 Å². The van der Waals surface area contributed by atoms with Gasteiger partial charge in [-0.25, -0.2) is 13.4 Å². The summed E-state index contributed by atoms with van der Waals surface area (Å²) < 4.78 is 27.6. The molecule has 1 fully saturated rings. The quantitative estimate of drug-likeness (QED) is 0.299. The summed E-state index contributed by atoms with van der Waals surface area (Å²) >= 11 is 0. The van der Waals surface area contributed by atoms with E-state index in [0.29, 0.717) is 35.9 Å². The van der Waals surface area contributed by atoms with Gasteiger partial charge in [0.25, 0.3) is 0 Å². The Morgan fingerprint density at radius 3 is 2.21 bits per heavy atom. The minimum Gasteiger partial charge on any atom is -0.362 e. The highest BCUT2D eigenvalue weighted by atomic mass is 32.2. The summed E-state index contributed by atoms with van der Waals surface area (Å²) in [6, 6.07) is 15.9. The van der Waals surface area contributed by atoms with Gasteiger partial charge in [0.1, 0.15) is 5.82 Å². The molecule has 1 aliphatic carbocycles. The Labute approximate surface area is 234 Å². The van der Waals surface area contributed by atoms with Crippen LogP contribution in [0.25, 0.3) is 10.9 Å². The molecule has 2 N–H and O–H groups in total. The first-order valence-corrected chi connectivity index (χ1v) is 15.8. The molecular formula is C30H44N6O2S. The average Bonchev–Trinajstić information content (AvgIpc) is 2.93. The highest BCUT2D eigenvalue weighted by molar-refractivity contribution is 7.89. The Balaban J connectivity index is 1.24. The first kappa shape index (κ1) is 29.2. The lowest BCUT2D eigenvalue weighted by atomic mass is 9.86. The van der Waals surface area contributed by atoms with Crippen molar-refractivity contribution in [2.24, 2.45) is 5.92 Å². The van der Waals surface area contributed by atoms with Crippen LogP contribution in [0.4, 0.5) is 11.8 Å². The number of rotatable bonds is 13. The molecule has 2 aromatic carbocycles. The maximum absolute atomic E-state index is 13.0. The van der Waals surface area contributed by atoms with E-state index in [1.165, 1.54) is 0 Å². The largest absolute Gasteiger partial charge is 0.362 e. The van der Waals surface area contributed by atoms with Crippen LogP contribution < -0.4 is 15.5 Å². The molecule has 39 heavy (non-hydrogen) atoms. The molecule has 0 saturated heterocycles. The summed E-state index contributed by atoms with van der Waals surface area (Å²) in [6.07, 6.45) is 6.12. The van der Waals surface area contributed by atoms with Crippen LogP contribution in [0.1, 0.15) is 57.9 Å². The van der Waals surface area contributed by atoms with Crippen LogP contribution in [0.15, 0.2) is 53.4 Å². The van der Waals surface area contributed by atoms with E-state index in [1.54, 1.807) is 16.4 Å². The molecule has 0 aliphatic heterocycles. The first-order valence-electron chi connectivity index (χ1n) is 14.3. The number of nitrogens with zero attached hydrogens (tertiary/aromatic N) is 4. The summed E-state index contributed by atoms with van der Waals surface area (Å²) in [7, 11) is 0.601. The van der Waals surface area contributed by atoms with Crippen molar-refractivity contribution in [1.29, 1.82) is 0 Å². The second kappa shape index (κ2) is 13.5. The molecule has 0 atom stereocenters. The van der Waals surface area contributed by atoms with Crippen LogP contribution >= 0.6 is 0 Å². The summed E-state index contributed by atoms with van der Waals surface area (Å²) in [6.45, 7) is 6.84. The molecule has 4 rings (SSSR count). The van der Waals surface area contributed by atoms with E-state index in [9.17, 15) is 8.42 Å². The van der Waals surface area contributed by atoms with Crippen molar-refractivity contribution in [2.75, 3.05) is 43.9 Å². The minimum absolute atomic E-state index is 0.381. The van der Waals surface area contributed by atoms with Crippen molar-refractivity contribution >= 4 is 32.7 Å². The van der Waals surface area contributed by atoms with Crippen LogP contribution in [0, 0.1) is 5.92 Å². The third kappa shape index (κ3) is 7.47. The number of para-hydroxylation sites is 1. The summed E-state index contributed by atoms with van der Waals surface area (Å²) in [5.41, 5.74) is 2.06. The molecule has 0 radical (unpaired) electrons. The topological polar surface area (TPSA) is 90.5 Å². The van der Waals surface area contributed by atoms with Gasteiger partial charge in [0.05, 0.1) is 10.4 Å². The second-order valence-electron chi connectivity index (χ2n) is 10.8. The maximum Gasteiger partial charge on any atom is 0.243 e. The number of hydrogen-bond acceptors (Lipinski definition) is 7. The number of nitrogens with one attached hydrogen (secondary N) is 2. The van der Waals surface area contributed by atoms with Gasteiger partial charge in [0.2, 0.25) is 16.0 Å². The molecule has 0 unspecified atom stereocenters. The summed E-state index contributed by atoms with van der Waals surface area (Å²) in [5, 5.41) is 8.24. The number of benzene rings is 2. The molecule has 1 heterocycles. The lowest BCUT2D eigenvalue weighted by molar-refractivity contribution is 0.324. The van der Waals surface area contributed by atoms with Crippen LogP contribution in [-0.4, -0.2) is 62.5 Å². The number of anilines is 2. The highest BCUT2D eigenvalue weighted by Crippen LogP contribution is 2.28. The summed E-state index contributed by atoms with van der Waals surface area (Å²) in [5.74, 6) is 2.28. The SMILES string of the molecule is CCCN(CCC)S(=O)(=O)c1ccc(CNC[C@H]2CC[C@@H](Nc3nc(N(C)C)c4ccccc4n3)CC2)cc1. The molecule has 1 aliphatic rings. The molecule has 212 valence electrons. The van der Waals surface area contributed by atoms with Crippen molar-refractivity contribution in [2.45, 2.75) is 69.9 Å². The minimum atomic E-state index is -3.43. The van der Waals surface area contributed by atoms with Crippen LogP contribution in [-0.2, 0) is 16.6 Å². The number of sulfonamides is 1. The van der Waals surface area contributed by atoms with E-state index in [0.717, 1.165) is 73.9 Å². The zero-order valence-electron chi connectivity index (χ0n) is 23.9. The van der Waals surface area contributed by atoms with E-state index >= 15 is 0 Å². The standard InChI is InChI=1S/C30H44N6O2S/c1-5-19-36(20-6-2)39(37,38)26-17-13-24(14-18-26)22-31-21-23-11-15-25(16-12-23)32-30-33-28-10-8-7-9-27(28)29(34-30)35(3)4/h7-10,13-14,17-18,23,25,31H,5-6,11-12,15-16,19-22H2,1-4H3,(H,32,33,34)/t23-,25+. The van der Waals surface area contributed by atoms with E-state index in [4.69, 9.17) is 9.97 Å². The molecule has 9 heteroatoms. The van der Waals surface area contributed by atoms with Gasteiger partial charge in [-0.05, 0) is 80.8 Å². The predicted molar refractivity (Wildman–Crippen MR) is 161 cm³/mol. The fourth-order valence-electron chi connectivity index (χ4n) is 5.36. The summed E-state index contributed by atoms with van der Waals surface area (Å²) in [4.78, 5) is 12.0. The Hall–Kier alpha value is -2.75. The Morgan fingerprint density at radius 1 is 0.897 bits per heavy atom. The molecule has 8 nitrogen and oxygen atoms in total. The van der Waals surface area contributed by atoms with Crippen molar-refractivity contribution in [1.82, 2.24) is 19.6 Å². The van der Waals surface area contributed by atoms with E-state index in [1.807, 2.05) is 63.2 Å². The van der Waals surface area contributed by atoms with Crippen LogP contribution in [0.3, 0.4) is 0 Å². The first-order chi connectivity index (χ1) is 18.8. The number of fused-ring (bicyclic) bond motifs is 1. The van der Waals surface area contributed by atoms with Gasteiger partial charge < -0.3 is 15.5 Å². The van der Waals surface area contributed by atoms with Crippen molar-refractivity contribution in [3.63, 3.8) is 0 Å². The number of hydrogen-bond donors (Lipinski definition) is 2. The molecule has 0 bridgehead atoms. The zero-order chi connectivity index (χ0) is 27.8. The average molecular weight is 553 g/mol. The number of aromatic nitrogens is 2. The van der Waals surface area contributed by atoms with Crippen molar-refractivity contribution in [3.05, 3.63) is 54.1 Å². The Morgan fingerprint density at radius 2 is 1.56 bits per heavy atom. The van der Waals surface area contributed by atoms with Crippen molar-refractivity contribution in [3.8, 4) is 0 Å². The molecule has 3 aromatic rings. The van der Waals surface area contributed by atoms with E-state index in [2.05, 4.69) is 16.7 Å². The van der Waals surface area contributed by atoms with Gasteiger partial charge in [-0.3, -0.25) is 0 Å². The maximum atomic E-state index is 13.0. The normalized spacial score (nSPS) is 18.0. The van der Waals surface area contributed by atoms with Gasteiger partial charge in [0.15, 0.2) is 0 Å². The fourth-order valence-corrected chi connectivity index (χ4v) is 6.98. The van der Waals surface area contributed by atoms with Gasteiger partial charge in [0, 0.05) is 45.2 Å². The third-order valence-electron chi connectivity index (χ3n) is 7.46. The molecule has 1 saturated carbocycles. The van der Waals surface area contributed by atoms with E-state index < -0.39 is 10.0 Å². The fraction of sp³-hybridized carbons (Fsp3) is 0.533. The third-order valence-corrected chi connectivity index (χ3v) is 9.37. The molecule has 1 aromatic heterocycles. The Bertz CT molecular complexity index is 1300. The van der Waals surface area contributed by atoms with Gasteiger partial charge in [-0.2, -0.15) is 9.29 Å². The van der Waals surface area contributed by atoms with E-state index in [-0.39, 0.29) is 0 Å². The smallest absolute Gasteiger partial charge is 0.243 e.